The highest BCUT2D eigenvalue weighted by Gasteiger charge is 2.07. The van der Waals surface area contributed by atoms with E-state index < -0.39 is 11.8 Å². The number of carbonyl (C=O) groups is 2. The fraction of sp³-hybridized carbons (Fsp3) is 0.190. The Bertz CT molecular complexity index is 997. The minimum Gasteiger partial charge on any atom is -0.493 e. The van der Waals surface area contributed by atoms with Gasteiger partial charge in [0.2, 0.25) is 5.91 Å². The first-order valence-corrected chi connectivity index (χ1v) is 10.2. The summed E-state index contributed by atoms with van der Waals surface area (Å²) in [5.41, 5.74) is 6.52. The van der Waals surface area contributed by atoms with Crippen molar-refractivity contribution in [2.45, 2.75) is 6.92 Å². The van der Waals surface area contributed by atoms with Crippen LogP contribution in [0.3, 0.4) is 0 Å². The Kier molecular flexibility index (Phi) is 9.29. The number of rotatable bonds is 7. The Morgan fingerprint density at radius 3 is 2.48 bits per heavy atom. The molecule has 0 spiro atoms. The summed E-state index contributed by atoms with van der Waals surface area (Å²) in [5.74, 6) is 0.767. The van der Waals surface area contributed by atoms with Gasteiger partial charge in [0, 0.05) is 10.5 Å². The minimum absolute atomic E-state index is 0.0604. The highest BCUT2D eigenvalue weighted by atomic mass is 79.9. The SMILES string of the molecule is COc1ccc(/C=C/C(=O)NC(=S)NNC(=O)COc2ccc(Br)c(C)c2)cc1OC. The second-order valence-electron chi connectivity index (χ2n) is 6.14. The van der Waals surface area contributed by atoms with E-state index in [4.69, 9.17) is 26.4 Å². The summed E-state index contributed by atoms with van der Waals surface area (Å²) in [7, 11) is 3.07. The van der Waals surface area contributed by atoms with Crippen LogP contribution in [0.2, 0.25) is 0 Å². The molecular weight excluding hydrogens is 486 g/mol. The van der Waals surface area contributed by atoms with Crippen LogP contribution < -0.4 is 30.4 Å². The molecule has 8 nitrogen and oxygen atoms in total. The van der Waals surface area contributed by atoms with Gasteiger partial charge in [-0.15, -0.1) is 0 Å². The van der Waals surface area contributed by atoms with Gasteiger partial charge in [0.1, 0.15) is 5.75 Å². The molecule has 0 saturated carbocycles. The van der Waals surface area contributed by atoms with Gasteiger partial charge in [-0.25, -0.2) is 0 Å². The van der Waals surface area contributed by atoms with E-state index >= 15 is 0 Å². The standard InChI is InChI=1S/C21H22BrN3O5S/c1-13-10-15(6-7-16(13)22)30-12-20(27)24-25-21(31)23-19(26)9-5-14-4-8-17(28-2)18(11-14)29-3/h4-11H,12H2,1-3H3,(H,24,27)(H2,23,25,26,31)/b9-5+. The molecule has 0 heterocycles. The Morgan fingerprint density at radius 1 is 1.06 bits per heavy atom. The Labute approximate surface area is 194 Å². The highest BCUT2D eigenvalue weighted by molar-refractivity contribution is 9.10. The van der Waals surface area contributed by atoms with Gasteiger partial charge < -0.3 is 14.2 Å². The number of hydrazine groups is 1. The van der Waals surface area contributed by atoms with Crippen molar-refractivity contribution in [1.82, 2.24) is 16.2 Å². The molecule has 3 N–H and O–H groups in total. The van der Waals surface area contributed by atoms with Gasteiger partial charge in [-0.05, 0) is 66.7 Å². The summed E-state index contributed by atoms with van der Waals surface area (Å²) < 4.78 is 16.7. The van der Waals surface area contributed by atoms with Gasteiger partial charge in [0.05, 0.1) is 14.2 Å². The van der Waals surface area contributed by atoms with Crippen molar-refractivity contribution in [2.75, 3.05) is 20.8 Å². The lowest BCUT2D eigenvalue weighted by Crippen LogP contribution is -2.49. The van der Waals surface area contributed by atoms with Crippen molar-refractivity contribution in [1.29, 1.82) is 0 Å². The van der Waals surface area contributed by atoms with Crippen molar-refractivity contribution in [3.63, 3.8) is 0 Å². The topological polar surface area (TPSA) is 97.9 Å². The number of aryl methyl sites for hydroxylation is 1. The molecule has 0 bridgehead atoms. The zero-order valence-electron chi connectivity index (χ0n) is 17.2. The maximum atomic E-state index is 12.0. The van der Waals surface area contributed by atoms with Crippen LogP contribution in [0.25, 0.3) is 6.08 Å². The molecule has 2 aromatic carbocycles. The normalized spacial score (nSPS) is 10.3. The quantitative estimate of drug-likeness (QED) is 0.301. The van der Waals surface area contributed by atoms with Crippen molar-refractivity contribution < 1.29 is 23.8 Å². The van der Waals surface area contributed by atoms with Crippen LogP contribution in [0.1, 0.15) is 11.1 Å². The summed E-state index contributed by atoms with van der Waals surface area (Å²) in [4.78, 5) is 23.9. The molecule has 2 rings (SSSR count). The molecule has 2 aromatic rings. The number of methoxy groups -OCH3 is 2. The smallest absolute Gasteiger partial charge is 0.276 e. The third-order valence-electron chi connectivity index (χ3n) is 3.89. The largest absolute Gasteiger partial charge is 0.493 e. The molecule has 0 aliphatic heterocycles. The molecule has 2 amide bonds. The number of nitrogens with one attached hydrogen (secondary N) is 3. The molecule has 31 heavy (non-hydrogen) atoms. The lowest BCUT2D eigenvalue weighted by atomic mass is 10.2. The number of carbonyl (C=O) groups excluding carboxylic acids is 2. The van der Waals surface area contributed by atoms with Crippen LogP contribution in [0, 0.1) is 6.92 Å². The minimum atomic E-state index is -0.469. The number of halogens is 1. The van der Waals surface area contributed by atoms with Crippen LogP contribution in [0.4, 0.5) is 0 Å². The zero-order valence-corrected chi connectivity index (χ0v) is 19.6. The molecule has 0 saturated heterocycles. The Hall–Kier alpha value is -3.11. The van der Waals surface area contributed by atoms with Gasteiger partial charge in [-0.2, -0.15) is 0 Å². The first-order valence-electron chi connectivity index (χ1n) is 9.01. The van der Waals surface area contributed by atoms with Crippen molar-refractivity contribution in [3.8, 4) is 17.2 Å². The predicted octanol–water partition coefficient (Wildman–Crippen LogP) is 2.89. The molecule has 0 aromatic heterocycles. The molecule has 0 aliphatic rings. The first kappa shape index (κ1) is 24.2. The van der Waals surface area contributed by atoms with E-state index in [0.717, 1.165) is 15.6 Å². The number of amides is 2. The summed E-state index contributed by atoms with van der Waals surface area (Å²) >= 11 is 8.38. The van der Waals surface area contributed by atoms with Crippen molar-refractivity contribution in [2.24, 2.45) is 0 Å². The van der Waals surface area contributed by atoms with E-state index in [0.29, 0.717) is 17.2 Å². The fourth-order valence-corrected chi connectivity index (χ4v) is 2.73. The van der Waals surface area contributed by atoms with Crippen LogP contribution in [-0.2, 0) is 9.59 Å². The fourth-order valence-electron chi connectivity index (χ4n) is 2.33. The van der Waals surface area contributed by atoms with E-state index in [9.17, 15) is 9.59 Å². The Morgan fingerprint density at radius 2 is 1.81 bits per heavy atom. The van der Waals surface area contributed by atoms with E-state index in [-0.39, 0.29) is 11.7 Å². The van der Waals surface area contributed by atoms with E-state index in [1.54, 1.807) is 43.5 Å². The summed E-state index contributed by atoms with van der Waals surface area (Å²) in [5, 5.41) is 2.36. The third-order valence-corrected chi connectivity index (χ3v) is 4.98. The number of ether oxygens (including phenoxy) is 3. The number of benzene rings is 2. The zero-order chi connectivity index (χ0) is 22.8. The molecule has 164 valence electrons. The molecule has 0 aliphatic carbocycles. The van der Waals surface area contributed by atoms with Crippen LogP contribution in [0.5, 0.6) is 17.2 Å². The summed E-state index contributed by atoms with van der Waals surface area (Å²) in [6, 6.07) is 10.6. The monoisotopic (exact) mass is 507 g/mol. The van der Waals surface area contributed by atoms with Gasteiger partial charge in [-0.3, -0.25) is 25.8 Å². The number of hydrogen-bond acceptors (Lipinski definition) is 6. The number of hydrogen-bond donors (Lipinski definition) is 3. The molecular formula is C21H22BrN3O5S. The van der Waals surface area contributed by atoms with E-state index in [1.165, 1.54) is 13.2 Å². The van der Waals surface area contributed by atoms with Crippen LogP contribution in [-0.4, -0.2) is 37.8 Å². The average Bonchev–Trinajstić information content (AvgIpc) is 2.76. The number of thiocarbonyl (C=S) groups is 1. The average molecular weight is 508 g/mol. The van der Waals surface area contributed by atoms with Gasteiger partial charge in [0.25, 0.3) is 5.91 Å². The van der Waals surface area contributed by atoms with Gasteiger partial charge in [0.15, 0.2) is 23.2 Å². The summed E-state index contributed by atoms with van der Waals surface area (Å²) in [6.07, 6.45) is 2.89. The molecule has 10 heteroatoms. The van der Waals surface area contributed by atoms with E-state index in [2.05, 4.69) is 32.1 Å². The van der Waals surface area contributed by atoms with Crippen molar-refractivity contribution in [3.05, 3.63) is 58.1 Å². The van der Waals surface area contributed by atoms with Crippen molar-refractivity contribution >= 4 is 51.2 Å². The highest BCUT2D eigenvalue weighted by Crippen LogP contribution is 2.27. The second-order valence-corrected chi connectivity index (χ2v) is 7.40. The van der Waals surface area contributed by atoms with Gasteiger partial charge >= 0.3 is 0 Å². The lowest BCUT2D eigenvalue weighted by molar-refractivity contribution is -0.123. The third kappa shape index (κ3) is 7.91. The molecule has 0 fully saturated rings. The maximum Gasteiger partial charge on any atom is 0.276 e. The second kappa shape index (κ2) is 11.9. The molecule has 0 unspecified atom stereocenters. The van der Waals surface area contributed by atoms with Crippen LogP contribution >= 0.6 is 28.1 Å². The Balaban J connectivity index is 1.76. The maximum absolute atomic E-state index is 12.0. The molecule has 0 radical (unpaired) electrons. The first-order chi connectivity index (χ1) is 14.8. The summed E-state index contributed by atoms with van der Waals surface area (Å²) in [6.45, 7) is 1.70. The molecule has 0 atom stereocenters. The lowest BCUT2D eigenvalue weighted by Gasteiger charge is -2.11. The predicted molar refractivity (Wildman–Crippen MR) is 125 cm³/mol. The van der Waals surface area contributed by atoms with Crippen LogP contribution in [0.15, 0.2) is 46.9 Å². The van der Waals surface area contributed by atoms with E-state index in [1.807, 2.05) is 13.0 Å². The van der Waals surface area contributed by atoms with Gasteiger partial charge in [-0.1, -0.05) is 22.0 Å².